The van der Waals surface area contributed by atoms with Gasteiger partial charge in [0.1, 0.15) is 12.1 Å². The molecule has 0 aromatic heterocycles. The molecule has 2 unspecified atom stereocenters. The van der Waals surface area contributed by atoms with E-state index in [-0.39, 0.29) is 17.5 Å². The van der Waals surface area contributed by atoms with E-state index in [9.17, 15) is 19.2 Å². The fraction of sp³-hybridized carbons (Fsp3) is 0.238. The van der Waals surface area contributed by atoms with Gasteiger partial charge in [-0.05, 0) is 42.3 Å². The van der Waals surface area contributed by atoms with E-state index in [0.717, 1.165) is 16.0 Å². The van der Waals surface area contributed by atoms with Crippen LogP contribution in [0.25, 0.3) is 0 Å². The summed E-state index contributed by atoms with van der Waals surface area (Å²) in [6.45, 7) is 1.75. The molecular formula is C21H19N3O5. The third-order valence-corrected chi connectivity index (χ3v) is 5.30. The van der Waals surface area contributed by atoms with Crippen LogP contribution in [-0.4, -0.2) is 45.9 Å². The van der Waals surface area contributed by atoms with Gasteiger partial charge in [0.15, 0.2) is 0 Å². The number of aliphatic carboxylic acids is 1. The predicted octanol–water partition coefficient (Wildman–Crippen LogP) is 1.78. The van der Waals surface area contributed by atoms with Crippen LogP contribution in [0.1, 0.15) is 28.4 Å². The first kappa shape index (κ1) is 18.7. The molecule has 2 aromatic carbocycles. The molecule has 2 N–H and O–H groups in total. The van der Waals surface area contributed by atoms with Crippen LogP contribution >= 0.6 is 0 Å². The highest BCUT2D eigenvalue weighted by molar-refractivity contribution is 6.21. The fourth-order valence-corrected chi connectivity index (χ4v) is 3.66. The van der Waals surface area contributed by atoms with E-state index in [1.165, 1.54) is 31.2 Å². The molecule has 2 atom stereocenters. The molecule has 1 saturated heterocycles. The smallest absolute Gasteiger partial charge is 0.332 e. The summed E-state index contributed by atoms with van der Waals surface area (Å²) in [7, 11) is 0. The number of benzene rings is 2. The van der Waals surface area contributed by atoms with Gasteiger partial charge in [-0.3, -0.25) is 14.4 Å². The van der Waals surface area contributed by atoms with Crippen LogP contribution in [0, 0.1) is 0 Å². The average Bonchev–Trinajstić information content (AvgIpc) is 2.96. The second-order valence-electron chi connectivity index (χ2n) is 7.15. The van der Waals surface area contributed by atoms with E-state index < -0.39 is 24.0 Å². The van der Waals surface area contributed by atoms with Crippen molar-refractivity contribution in [1.29, 1.82) is 0 Å². The molecule has 29 heavy (non-hydrogen) atoms. The van der Waals surface area contributed by atoms with Crippen molar-refractivity contribution in [3.05, 3.63) is 65.2 Å². The number of carboxylic acids is 1. The van der Waals surface area contributed by atoms with Gasteiger partial charge in [-0.1, -0.05) is 24.3 Å². The van der Waals surface area contributed by atoms with E-state index in [1.54, 1.807) is 4.90 Å². The lowest BCUT2D eigenvalue weighted by atomic mass is 9.95. The van der Waals surface area contributed by atoms with Gasteiger partial charge >= 0.3 is 12.0 Å². The maximum Gasteiger partial charge on any atom is 0.332 e. The minimum atomic E-state index is -1.14. The van der Waals surface area contributed by atoms with Crippen LogP contribution in [0.15, 0.2) is 48.5 Å². The van der Waals surface area contributed by atoms with Gasteiger partial charge < -0.3 is 15.3 Å². The second-order valence-corrected chi connectivity index (χ2v) is 7.15. The van der Waals surface area contributed by atoms with Crippen molar-refractivity contribution < 1.29 is 24.3 Å². The number of hydrogen-bond donors (Lipinski definition) is 2. The highest BCUT2D eigenvalue weighted by Gasteiger charge is 2.47. The Hall–Kier alpha value is -3.68. The summed E-state index contributed by atoms with van der Waals surface area (Å²) in [4.78, 5) is 51.5. The minimum absolute atomic E-state index is 0.242. The highest BCUT2D eigenvalue weighted by atomic mass is 16.4. The molecule has 2 aliphatic heterocycles. The van der Waals surface area contributed by atoms with Crippen LogP contribution in [0.5, 0.6) is 0 Å². The van der Waals surface area contributed by atoms with Gasteiger partial charge in [-0.15, -0.1) is 0 Å². The summed E-state index contributed by atoms with van der Waals surface area (Å²) in [6, 6.07) is 11.8. The molecule has 0 spiro atoms. The van der Waals surface area contributed by atoms with Gasteiger partial charge in [0, 0.05) is 18.5 Å². The molecule has 0 saturated carbocycles. The van der Waals surface area contributed by atoms with Crippen LogP contribution in [-0.2, 0) is 22.6 Å². The molecule has 148 valence electrons. The van der Waals surface area contributed by atoms with Crippen molar-refractivity contribution in [3.8, 4) is 0 Å². The van der Waals surface area contributed by atoms with Crippen LogP contribution in [0.3, 0.4) is 0 Å². The van der Waals surface area contributed by atoms with Crippen molar-refractivity contribution in [2.24, 2.45) is 0 Å². The lowest BCUT2D eigenvalue weighted by Crippen LogP contribution is -2.39. The number of urea groups is 1. The Kier molecular flexibility index (Phi) is 4.54. The normalized spacial score (nSPS) is 18.9. The van der Waals surface area contributed by atoms with Crippen molar-refractivity contribution in [2.45, 2.75) is 32.0 Å². The number of nitrogens with zero attached hydrogens (tertiary/aromatic N) is 2. The van der Waals surface area contributed by atoms with Gasteiger partial charge in [-0.2, -0.15) is 0 Å². The van der Waals surface area contributed by atoms with E-state index >= 15 is 0 Å². The third kappa shape index (κ3) is 3.22. The Bertz CT molecular complexity index is 974. The van der Waals surface area contributed by atoms with Crippen molar-refractivity contribution in [1.82, 2.24) is 10.2 Å². The Morgan fingerprint density at radius 1 is 1.07 bits per heavy atom. The fourth-order valence-electron chi connectivity index (χ4n) is 3.66. The molecule has 0 radical (unpaired) electrons. The number of carboxylic acid groups (broad SMARTS) is 1. The lowest BCUT2D eigenvalue weighted by molar-refractivity contribution is -0.138. The van der Waals surface area contributed by atoms with E-state index in [4.69, 9.17) is 5.11 Å². The van der Waals surface area contributed by atoms with Gasteiger partial charge in [0.2, 0.25) is 0 Å². The molecule has 8 nitrogen and oxygen atoms in total. The molecule has 4 rings (SSSR count). The van der Waals surface area contributed by atoms with E-state index in [0.29, 0.717) is 18.7 Å². The Balaban J connectivity index is 1.54. The zero-order chi connectivity index (χ0) is 20.7. The quantitative estimate of drug-likeness (QED) is 0.770. The van der Waals surface area contributed by atoms with Crippen LogP contribution < -0.4 is 10.2 Å². The van der Waals surface area contributed by atoms with Crippen molar-refractivity contribution in [2.75, 3.05) is 4.90 Å². The van der Waals surface area contributed by atoms with Crippen LogP contribution in [0.4, 0.5) is 10.5 Å². The number of anilines is 1. The van der Waals surface area contributed by atoms with Crippen LogP contribution in [0.2, 0.25) is 0 Å². The van der Waals surface area contributed by atoms with Crippen molar-refractivity contribution >= 4 is 29.5 Å². The summed E-state index contributed by atoms with van der Waals surface area (Å²) in [5, 5.41) is 11.2. The summed E-state index contributed by atoms with van der Waals surface area (Å²) >= 11 is 0. The zero-order valence-electron chi connectivity index (χ0n) is 15.7. The largest absolute Gasteiger partial charge is 0.480 e. The Morgan fingerprint density at radius 2 is 1.72 bits per heavy atom. The second kappa shape index (κ2) is 7.05. The predicted molar refractivity (Wildman–Crippen MR) is 103 cm³/mol. The molecule has 0 bridgehead atoms. The summed E-state index contributed by atoms with van der Waals surface area (Å²) in [6.07, 6.45) is 0.477. The van der Waals surface area contributed by atoms with E-state index in [1.807, 2.05) is 24.3 Å². The number of amides is 4. The SMILES string of the molecule is CC(NC(=O)c1ccc(N2C(=O)C3Cc4ccccc4CN3C2=O)cc1)C(=O)O. The number of imide groups is 1. The van der Waals surface area contributed by atoms with E-state index in [2.05, 4.69) is 5.32 Å². The molecule has 4 amide bonds. The lowest BCUT2D eigenvalue weighted by Gasteiger charge is -2.28. The average molecular weight is 393 g/mol. The molecule has 8 heteroatoms. The first-order chi connectivity index (χ1) is 13.9. The standard InChI is InChI=1S/C21H19N3O5/c1-12(20(27)28)22-18(25)13-6-8-16(9-7-13)24-19(26)17-10-14-4-2-3-5-15(14)11-23(17)21(24)29/h2-9,12,17H,10-11H2,1H3,(H,22,25)(H,27,28). The van der Waals surface area contributed by atoms with Gasteiger partial charge in [0.05, 0.1) is 5.69 Å². The molecule has 1 fully saturated rings. The molecule has 0 aliphatic carbocycles. The minimum Gasteiger partial charge on any atom is -0.480 e. The van der Waals surface area contributed by atoms with Gasteiger partial charge in [-0.25, -0.2) is 9.69 Å². The first-order valence-corrected chi connectivity index (χ1v) is 9.22. The molecule has 2 aromatic rings. The monoisotopic (exact) mass is 393 g/mol. The third-order valence-electron chi connectivity index (χ3n) is 5.30. The maximum absolute atomic E-state index is 12.9. The number of fused-ring (bicyclic) bond motifs is 2. The summed E-state index contributed by atoms with van der Waals surface area (Å²) in [5.74, 6) is -1.97. The number of nitrogens with one attached hydrogen (secondary N) is 1. The topological polar surface area (TPSA) is 107 Å². The zero-order valence-corrected chi connectivity index (χ0v) is 15.7. The number of carbonyl (C=O) groups excluding carboxylic acids is 3. The molecule has 2 heterocycles. The summed E-state index contributed by atoms with van der Waals surface area (Å²) < 4.78 is 0. The number of rotatable bonds is 4. The number of hydrogen-bond acceptors (Lipinski definition) is 4. The highest BCUT2D eigenvalue weighted by Crippen LogP contribution is 2.32. The Labute approximate surface area is 166 Å². The summed E-state index contributed by atoms with van der Waals surface area (Å²) in [5.41, 5.74) is 2.72. The molecular weight excluding hydrogens is 374 g/mol. The van der Waals surface area contributed by atoms with Gasteiger partial charge in [0.25, 0.3) is 11.8 Å². The molecule has 2 aliphatic rings. The van der Waals surface area contributed by atoms with Crippen molar-refractivity contribution in [3.63, 3.8) is 0 Å². The first-order valence-electron chi connectivity index (χ1n) is 9.22. The number of carbonyl (C=O) groups is 4. The Morgan fingerprint density at radius 3 is 2.38 bits per heavy atom. The maximum atomic E-state index is 12.9.